The number of hydrogen-bond donors (Lipinski definition) is 2. The highest BCUT2D eigenvalue weighted by Crippen LogP contribution is 2.29. The largest absolute Gasteiger partial charge is 0.401 e. The number of likely N-dealkylation sites (tertiary alicyclic amines) is 1. The molecule has 1 aliphatic rings. The predicted molar refractivity (Wildman–Crippen MR) is 156 cm³/mol. The minimum atomic E-state index is -4.16. The van der Waals surface area contributed by atoms with Gasteiger partial charge in [0.15, 0.2) is 0 Å². The molecule has 0 bridgehead atoms. The molecule has 1 atom stereocenters. The predicted octanol–water partition coefficient (Wildman–Crippen LogP) is 5.62. The summed E-state index contributed by atoms with van der Waals surface area (Å²) in [6.45, 7) is 2.51. The molecule has 2 N–H and O–H groups in total. The number of carbonyl (C=O) groups is 1. The van der Waals surface area contributed by atoms with Crippen LogP contribution in [-0.4, -0.2) is 70.1 Å². The van der Waals surface area contributed by atoms with Crippen LogP contribution in [0.4, 0.5) is 23.4 Å². The topological polar surface area (TPSA) is 95.9 Å². The van der Waals surface area contributed by atoms with Crippen molar-refractivity contribution >= 4 is 22.6 Å². The zero-order valence-corrected chi connectivity index (χ0v) is 24.0. The summed E-state index contributed by atoms with van der Waals surface area (Å²) in [6, 6.07) is 10.3. The summed E-state index contributed by atoms with van der Waals surface area (Å²) in [4.78, 5) is 31.5. The Kier molecular flexibility index (Phi) is 9.14. The summed E-state index contributed by atoms with van der Waals surface area (Å²) in [5.41, 5.74) is 3.88. The summed E-state index contributed by atoms with van der Waals surface area (Å²) in [6.07, 6.45) is 2.74. The molecule has 1 fully saturated rings. The summed E-state index contributed by atoms with van der Waals surface area (Å²) in [5, 5.41) is 6.06. The van der Waals surface area contributed by atoms with Gasteiger partial charge < -0.3 is 10.6 Å². The van der Waals surface area contributed by atoms with Crippen LogP contribution >= 0.6 is 0 Å². The molecule has 1 saturated heterocycles. The van der Waals surface area contributed by atoms with E-state index in [0.29, 0.717) is 42.6 Å². The number of carbonyl (C=O) groups excluding carboxylic acids is 1. The maximum atomic E-state index is 14.8. The highest BCUT2D eigenvalue weighted by molar-refractivity contribution is 6.06. The van der Waals surface area contributed by atoms with Gasteiger partial charge >= 0.3 is 6.18 Å². The lowest BCUT2D eigenvalue weighted by atomic mass is 9.92. The van der Waals surface area contributed by atoms with Crippen molar-refractivity contribution in [3.8, 4) is 11.3 Å². The Bertz CT molecular complexity index is 1570. The van der Waals surface area contributed by atoms with Crippen LogP contribution in [0, 0.1) is 11.7 Å². The SMILES string of the molecule is CNC(=O)c1ccnc2c(C(C)CNc3cc(-c4ccc(CC5CCN(CC(F)(F)F)CC5)nc4)ncn3)ccc(F)c12. The number of fused-ring (bicyclic) bond motifs is 1. The van der Waals surface area contributed by atoms with Crippen molar-refractivity contribution in [2.45, 2.75) is 38.3 Å². The van der Waals surface area contributed by atoms with E-state index >= 15 is 0 Å². The van der Waals surface area contributed by atoms with E-state index in [1.165, 1.54) is 36.6 Å². The average Bonchev–Trinajstić information content (AvgIpc) is 3.00. The Morgan fingerprint density at radius 3 is 2.56 bits per heavy atom. The molecule has 0 spiro atoms. The van der Waals surface area contributed by atoms with Crippen LogP contribution in [0.1, 0.15) is 47.3 Å². The molecule has 226 valence electrons. The first-order valence-electron chi connectivity index (χ1n) is 14.2. The van der Waals surface area contributed by atoms with Crippen molar-refractivity contribution in [1.82, 2.24) is 30.2 Å². The van der Waals surface area contributed by atoms with Crippen molar-refractivity contribution < 1.29 is 22.4 Å². The third kappa shape index (κ3) is 7.42. The molecule has 0 saturated carbocycles. The van der Waals surface area contributed by atoms with Crippen molar-refractivity contribution in [2.75, 3.05) is 38.5 Å². The number of piperidine rings is 1. The van der Waals surface area contributed by atoms with Crippen LogP contribution in [0.2, 0.25) is 0 Å². The summed E-state index contributed by atoms with van der Waals surface area (Å²) in [7, 11) is 1.50. The number of anilines is 1. The fourth-order valence-electron chi connectivity index (χ4n) is 5.54. The van der Waals surface area contributed by atoms with Gasteiger partial charge in [0.1, 0.15) is 18.0 Å². The number of amides is 1. The smallest absolute Gasteiger partial charge is 0.369 e. The van der Waals surface area contributed by atoms with E-state index in [1.54, 1.807) is 12.3 Å². The summed E-state index contributed by atoms with van der Waals surface area (Å²) < 4.78 is 52.7. The zero-order valence-electron chi connectivity index (χ0n) is 24.0. The maximum absolute atomic E-state index is 14.8. The molecule has 1 aromatic carbocycles. The minimum absolute atomic E-state index is 0.0877. The van der Waals surface area contributed by atoms with E-state index < -0.39 is 18.5 Å². The van der Waals surface area contributed by atoms with Gasteiger partial charge in [0.05, 0.1) is 23.3 Å². The second kappa shape index (κ2) is 13.0. The van der Waals surface area contributed by atoms with Crippen LogP contribution < -0.4 is 10.6 Å². The Morgan fingerprint density at radius 2 is 1.86 bits per heavy atom. The average molecular weight is 596 g/mol. The lowest BCUT2D eigenvalue weighted by molar-refractivity contribution is -0.148. The Morgan fingerprint density at radius 1 is 1.07 bits per heavy atom. The Hall–Kier alpha value is -4.19. The second-order valence-electron chi connectivity index (χ2n) is 10.9. The maximum Gasteiger partial charge on any atom is 0.401 e. The van der Waals surface area contributed by atoms with Crippen LogP contribution in [-0.2, 0) is 6.42 Å². The van der Waals surface area contributed by atoms with Crippen molar-refractivity contribution in [1.29, 1.82) is 0 Å². The number of aromatic nitrogens is 4. The summed E-state index contributed by atoms with van der Waals surface area (Å²) >= 11 is 0. The van der Waals surface area contributed by atoms with Crippen LogP contribution in [0.25, 0.3) is 22.2 Å². The first-order chi connectivity index (χ1) is 20.6. The molecule has 5 rings (SSSR count). The normalized spacial score (nSPS) is 15.4. The van der Waals surface area contributed by atoms with Gasteiger partial charge in [0.25, 0.3) is 5.91 Å². The highest BCUT2D eigenvalue weighted by atomic mass is 19.4. The lowest BCUT2D eigenvalue weighted by Crippen LogP contribution is -2.40. The van der Waals surface area contributed by atoms with E-state index in [0.717, 1.165) is 36.1 Å². The lowest BCUT2D eigenvalue weighted by Gasteiger charge is -2.32. The van der Waals surface area contributed by atoms with Gasteiger partial charge in [-0.25, -0.2) is 14.4 Å². The fraction of sp³-hybridized carbons (Fsp3) is 0.387. The van der Waals surface area contributed by atoms with Crippen LogP contribution in [0.3, 0.4) is 0 Å². The van der Waals surface area contributed by atoms with E-state index in [4.69, 9.17) is 0 Å². The van der Waals surface area contributed by atoms with Gasteiger partial charge in [0.2, 0.25) is 0 Å². The molecule has 43 heavy (non-hydrogen) atoms. The molecule has 1 aliphatic heterocycles. The van der Waals surface area contributed by atoms with Crippen molar-refractivity contribution in [3.05, 3.63) is 77.8 Å². The van der Waals surface area contributed by atoms with Gasteiger partial charge in [-0.1, -0.05) is 13.0 Å². The molecule has 1 unspecified atom stereocenters. The molecule has 8 nitrogen and oxygen atoms in total. The van der Waals surface area contributed by atoms with Crippen LogP contribution in [0.15, 0.2) is 55.1 Å². The van der Waals surface area contributed by atoms with Gasteiger partial charge in [-0.15, -0.1) is 0 Å². The zero-order chi connectivity index (χ0) is 30.6. The number of nitrogens with zero attached hydrogens (tertiary/aromatic N) is 5. The number of alkyl halides is 3. The third-order valence-electron chi connectivity index (χ3n) is 7.86. The van der Waals surface area contributed by atoms with Crippen molar-refractivity contribution in [2.24, 2.45) is 5.92 Å². The van der Waals surface area contributed by atoms with Crippen LogP contribution in [0.5, 0.6) is 0 Å². The van der Waals surface area contributed by atoms with E-state index in [9.17, 15) is 22.4 Å². The van der Waals surface area contributed by atoms with Gasteiger partial charge in [-0.3, -0.25) is 19.7 Å². The Labute approximate surface area is 247 Å². The van der Waals surface area contributed by atoms with Crippen molar-refractivity contribution in [3.63, 3.8) is 0 Å². The first-order valence-corrected chi connectivity index (χ1v) is 14.2. The number of halogens is 4. The standard InChI is InChI=1S/C31H33F4N7O/c1-19(23-5-6-25(32)28-24(30(43)36-2)7-10-37-29(23)28)15-39-27-14-26(40-18-41-27)21-3-4-22(38-16-21)13-20-8-11-42(12-9-20)17-31(33,34)35/h3-7,10,14,16,18-20H,8-9,11-13,15,17H2,1-2H3,(H,36,43)(H,39,40,41). The van der Waals surface area contributed by atoms with Gasteiger partial charge in [0, 0.05) is 54.6 Å². The van der Waals surface area contributed by atoms with Gasteiger partial charge in [-0.05, 0) is 68.1 Å². The monoisotopic (exact) mass is 595 g/mol. The molecule has 3 aromatic heterocycles. The number of pyridine rings is 2. The minimum Gasteiger partial charge on any atom is -0.369 e. The first kappa shape index (κ1) is 30.3. The number of rotatable bonds is 9. The van der Waals surface area contributed by atoms with E-state index in [1.807, 2.05) is 25.1 Å². The number of nitrogens with one attached hydrogen (secondary N) is 2. The number of benzene rings is 1. The molecule has 1 amide bonds. The fourth-order valence-corrected chi connectivity index (χ4v) is 5.54. The summed E-state index contributed by atoms with van der Waals surface area (Å²) in [5.74, 6) is -0.0526. The molecular weight excluding hydrogens is 562 g/mol. The second-order valence-corrected chi connectivity index (χ2v) is 10.9. The quantitative estimate of drug-likeness (QED) is 0.243. The molecule has 0 radical (unpaired) electrons. The van der Waals surface area contributed by atoms with E-state index in [2.05, 4.69) is 30.6 Å². The molecule has 12 heteroatoms. The Balaban J connectivity index is 1.21. The molecular formula is C31H33F4N7O. The highest BCUT2D eigenvalue weighted by Gasteiger charge is 2.32. The molecule has 4 aromatic rings. The third-order valence-corrected chi connectivity index (χ3v) is 7.86. The molecule has 4 heterocycles. The molecule has 0 aliphatic carbocycles. The number of hydrogen-bond acceptors (Lipinski definition) is 7. The van der Waals surface area contributed by atoms with Gasteiger partial charge in [-0.2, -0.15) is 13.2 Å². The van der Waals surface area contributed by atoms with E-state index in [-0.39, 0.29) is 22.8 Å².